The SMILES string of the molecule is Cc1cc(C)c2nc(-c3ccc(F)c(C)c3)[nH]c2c1. The summed E-state index contributed by atoms with van der Waals surface area (Å²) in [6.07, 6.45) is 0. The van der Waals surface area contributed by atoms with Crippen LogP contribution >= 0.6 is 0 Å². The molecule has 0 amide bonds. The number of nitrogens with zero attached hydrogens (tertiary/aromatic N) is 1. The molecule has 19 heavy (non-hydrogen) atoms. The zero-order chi connectivity index (χ0) is 13.6. The monoisotopic (exact) mass is 254 g/mol. The van der Waals surface area contributed by atoms with Crippen LogP contribution in [0.4, 0.5) is 4.39 Å². The van der Waals surface area contributed by atoms with Gasteiger partial charge in [-0.25, -0.2) is 9.37 Å². The van der Waals surface area contributed by atoms with Crippen molar-refractivity contribution in [2.75, 3.05) is 0 Å². The lowest BCUT2D eigenvalue weighted by atomic mass is 10.1. The summed E-state index contributed by atoms with van der Waals surface area (Å²) in [5, 5.41) is 0. The Bertz CT molecular complexity index is 772. The molecule has 2 nitrogen and oxygen atoms in total. The summed E-state index contributed by atoms with van der Waals surface area (Å²) >= 11 is 0. The predicted molar refractivity (Wildman–Crippen MR) is 75.7 cm³/mol. The van der Waals surface area contributed by atoms with Crippen molar-refractivity contribution >= 4 is 11.0 Å². The molecule has 2 aromatic carbocycles. The van der Waals surface area contributed by atoms with Gasteiger partial charge in [-0.1, -0.05) is 6.07 Å². The molecule has 0 spiro atoms. The number of aromatic nitrogens is 2. The Kier molecular flexibility index (Phi) is 2.63. The molecule has 1 N–H and O–H groups in total. The van der Waals surface area contributed by atoms with Gasteiger partial charge in [-0.3, -0.25) is 0 Å². The summed E-state index contributed by atoms with van der Waals surface area (Å²) in [7, 11) is 0. The maximum absolute atomic E-state index is 13.3. The minimum Gasteiger partial charge on any atom is -0.338 e. The highest BCUT2D eigenvalue weighted by atomic mass is 19.1. The minimum atomic E-state index is -0.188. The molecule has 0 bridgehead atoms. The van der Waals surface area contributed by atoms with E-state index in [0.29, 0.717) is 5.56 Å². The second-order valence-electron chi connectivity index (χ2n) is 5.03. The van der Waals surface area contributed by atoms with Crippen molar-refractivity contribution in [1.29, 1.82) is 0 Å². The fraction of sp³-hybridized carbons (Fsp3) is 0.188. The highest BCUT2D eigenvalue weighted by molar-refractivity contribution is 5.83. The van der Waals surface area contributed by atoms with E-state index in [1.165, 1.54) is 11.6 Å². The molecule has 0 atom stereocenters. The molecule has 0 saturated heterocycles. The van der Waals surface area contributed by atoms with Crippen LogP contribution in [0, 0.1) is 26.6 Å². The summed E-state index contributed by atoms with van der Waals surface area (Å²) in [6, 6.07) is 9.24. The number of rotatable bonds is 1. The second-order valence-corrected chi connectivity index (χ2v) is 5.03. The van der Waals surface area contributed by atoms with E-state index in [4.69, 9.17) is 0 Å². The Hall–Kier alpha value is -2.16. The van der Waals surface area contributed by atoms with Crippen LogP contribution in [0.5, 0.6) is 0 Å². The van der Waals surface area contributed by atoms with Crippen LogP contribution in [0.1, 0.15) is 16.7 Å². The number of halogens is 1. The van der Waals surface area contributed by atoms with Gasteiger partial charge in [-0.15, -0.1) is 0 Å². The van der Waals surface area contributed by atoms with Crippen LogP contribution in [0.3, 0.4) is 0 Å². The van der Waals surface area contributed by atoms with Gasteiger partial charge in [-0.05, 0) is 61.7 Å². The van der Waals surface area contributed by atoms with Crippen LogP contribution in [-0.2, 0) is 0 Å². The summed E-state index contributed by atoms with van der Waals surface area (Å²) in [5.41, 5.74) is 5.89. The van der Waals surface area contributed by atoms with Crippen LogP contribution in [0.2, 0.25) is 0 Å². The van der Waals surface area contributed by atoms with E-state index in [1.807, 2.05) is 6.07 Å². The standard InChI is InChI=1S/C16H15FN2/c1-9-6-11(3)15-14(7-9)18-16(19-15)12-4-5-13(17)10(2)8-12/h4-8H,1-3H3,(H,18,19). The first-order valence-electron chi connectivity index (χ1n) is 6.28. The topological polar surface area (TPSA) is 28.7 Å². The predicted octanol–water partition coefficient (Wildman–Crippen LogP) is 4.29. The number of fused-ring (bicyclic) bond motifs is 1. The van der Waals surface area contributed by atoms with Crippen LogP contribution in [-0.4, -0.2) is 9.97 Å². The van der Waals surface area contributed by atoms with Gasteiger partial charge < -0.3 is 4.98 Å². The molecule has 3 aromatic rings. The van der Waals surface area contributed by atoms with Crippen molar-refractivity contribution in [1.82, 2.24) is 9.97 Å². The Morgan fingerprint density at radius 2 is 1.79 bits per heavy atom. The zero-order valence-electron chi connectivity index (χ0n) is 11.2. The molecule has 1 heterocycles. The lowest BCUT2D eigenvalue weighted by Gasteiger charge is -1.99. The van der Waals surface area contributed by atoms with Crippen molar-refractivity contribution in [3.8, 4) is 11.4 Å². The molecule has 0 unspecified atom stereocenters. The van der Waals surface area contributed by atoms with E-state index in [0.717, 1.165) is 28.0 Å². The lowest BCUT2D eigenvalue weighted by molar-refractivity contribution is 0.618. The average Bonchev–Trinajstić information content (AvgIpc) is 2.76. The van der Waals surface area contributed by atoms with Crippen LogP contribution in [0.15, 0.2) is 30.3 Å². The molecule has 96 valence electrons. The summed E-state index contributed by atoms with van der Waals surface area (Å²) in [6.45, 7) is 5.88. The second kappa shape index (κ2) is 4.19. The van der Waals surface area contributed by atoms with Gasteiger partial charge in [0.25, 0.3) is 0 Å². The van der Waals surface area contributed by atoms with Gasteiger partial charge >= 0.3 is 0 Å². The molecule has 0 aliphatic heterocycles. The molecule has 0 saturated carbocycles. The molecule has 0 radical (unpaired) electrons. The molecule has 0 aliphatic carbocycles. The third-order valence-corrected chi connectivity index (χ3v) is 3.35. The van der Waals surface area contributed by atoms with Gasteiger partial charge in [0.15, 0.2) is 0 Å². The maximum Gasteiger partial charge on any atom is 0.138 e. The largest absolute Gasteiger partial charge is 0.338 e. The van der Waals surface area contributed by atoms with Crippen molar-refractivity contribution in [3.05, 3.63) is 52.8 Å². The number of imidazole rings is 1. The maximum atomic E-state index is 13.3. The smallest absolute Gasteiger partial charge is 0.138 e. The Morgan fingerprint density at radius 3 is 2.53 bits per heavy atom. The number of aromatic amines is 1. The number of benzene rings is 2. The highest BCUT2D eigenvalue weighted by Gasteiger charge is 2.09. The number of hydrogen-bond donors (Lipinski definition) is 1. The minimum absolute atomic E-state index is 0.188. The van der Waals surface area contributed by atoms with Gasteiger partial charge in [0.2, 0.25) is 0 Å². The van der Waals surface area contributed by atoms with Gasteiger partial charge in [0.1, 0.15) is 11.6 Å². The first kappa shape index (κ1) is 11.9. The average molecular weight is 254 g/mol. The van der Waals surface area contributed by atoms with Gasteiger partial charge in [0, 0.05) is 5.56 Å². The third kappa shape index (κ3) is 2.01. The number of aryl methyl sites for hydroxylation is 3. The van der Waals surface area contributed by atoms with E-state index in [2.05, 4.69) is 35.9 Å². The van der Waals surface area contributed by atoms with E-state index in [-0.39, 0.29) is 5.82 Å². The lowest BCUT2D eigenvalue weighted by Crippen LogP contribution is -1.85. The fourth-order valence-corrected chi connectivity index (χ4v) is 2.40. The molecule has 0 aliphatic rings. The van der Waals surface area contributed by atoms with E-state index in [9.17, 15) is 4.39 Å². The molecule has 0 fully saturated rings. The van der Waals surface area contributed by atoms with Crippen molar-refractivity contribution < 1.29 is 4.39 Å². The first-order chi connectivity index (χ1) is 9.04. The van der Waals surface area contributed by atoms with Crippen LogP contribution < -0.4 is 0 Å². The summed E-state index contributed by atoms with van der Waals surface area (Å²) < 4.78 is 13.3. The number of H-pyrrole nitrogens is 1. The van der Waals surface area contributed by atoms with E-state index < -0.39 is 0 Å². The zero-order valence-corrected chi connectivity index (χ0v) is 11.2. The fourth-order valence-electron chi connectivity index (χ4n) is 2.40. The Balaban J connectivity index is 2.20. The number of hydrogen-bond acceptors (Lipinski definition) is 1. The van der Waals surface area contributed by atoms with Gasteiger partial charge in [-0.2, -0.15) is 0 Å². The summed E-state index contributed by atoms with van der Waals surface area (Å²) in [5.74, 6) is 0.596. The molecule has 1 aromatic heterocycles. The number of nitrogens with one attached hydrogen (secondary N) is 1. The molecular formula is C16H15FN2. The Morgan fingerprint density at radius 1 is 1.00 bits per heavy atom. The molecule has 3 rings (SSSR count). The van der Waals surface area contributed by atoms with Crippen molar-refractivity contribution in [3.63, 3.8) is 0 Å². The molecular weight excluding hydrogens is 239 g/mol. The summed E-state index contributed by atoms with van der Waals surface area (Å²) in [4.78, 5) is 7.92. The van der Waals surface area contributed by atoms with Crippen molar-refractivity contribution in [2.45, 2.75) is 20.8 Å². The first-order valence-corrected chi connectivity index (χ1v) is 6.28. The molecule has 3 heteroatoms. The van der Waals surface area contributed by atoms with Crippen molar-refractivity contribution in [2.24, 2.45) is 0 Å². The Labute approximate surface area is 111 Å². The quantitative estimate of drug-likeness (QED) is 0.689. The highest BCUT2D eigenvalue weighted by Crippen LogP contribution is 2.25. The van der Waals surface area contributed by atoms with E-state index in [1.54, 1.807) is 13.0 Å². The third-order valence-electron chi connectivity index (χ3n) is 3.35. The normalized spacial score (nSPS) is 11.2. The van der Waals surface area contributed by atoms with Gasteiger partial charge in [0.05, 0.1) is 11.0 Å². The van der Waals surface area contributed by atoms with Crippen LogP contribution in [0.25, 0.3) is 22.4 Å². The van der Waals surface area contributed by atoms with E-state index >= 15 is 0 Å².